The standard InChI is InChI=1S/C21H20N2O3/c1-15(22-21(25)26-14-16-7-3-2-4-8-16)20(24)23-19-12-11-17-9-5-6-10-18(17)13-19/h2-13,15H,14H2,1H3,(H,22,25)(H,23,24)/t15-/m1/s1. The lowest BCUT2D eigenvalue weighted by Crippen LogP contribution is -2.41. The Morgan fingerprint density at radius 3 is 2.38 bits per heavy atom. The fourth-order valence-corrected chi connectivity index (χ4v) is 2.52. The molecule has 2 amide bonds. The third kappa shape index (κ3) is 4.60. The summed E-state index contributed by atoms with van der Waals surface area (Å²) in [4.78, 5) is 24.1. The molecule has 0 fully saturated rings. The van der Waals surface area contributed by atoms with Gasteiger partial charge in [0.25, 0.3) is 0 Å². The quantitative estimate of drug-likeness (QED) is 0.730. The smallest absolute Gasteiger partial charge is 0.408 e. The van der Waals surface area contributed by atoms with Gasteiger partial charge in [0.15, 0.2) is 0 Å². The van der Waals surface area contributed by atoms with Crippen LogP contribution in [0.1, 0.15) is 12.5 Å². The molecule has 3 aromatic carbocycles. The van der Waals surface area contributed by atoms with Gasteiger partial charge in [-0.25, -0.2) is 4.79 Å². The largest absolute Gasteiger partial charge is 0.445 e. The Bertz CT molecular complexity index is 909. The lowest BCUT2D eigenvalue weighted by atomic mass is 10.1. The van der Waals surface area contributed by atoms with E-state index in [1.54, 1.807) is 6.92 Å². The fourth-order valence-electron chi connectivity index (χ4n) is 2.52. The van der Waals surface area contributed by atoms with Crippen molar-refractivity contribution in [3.05, 3.63) is 78.4 Å². The van der Waals surface area contributed by atoms with Crippen LogP contribution in [0.25, 0.3) is 10.8 Å². The molecule has 0 unspecified atom stereocenters. The van der Waals surface area contributed by atoms with Crippen molar-refractivity contribution >= 4 is 28.5 Å². The zero-order chi connectivity index (χ0) is 18.4. The van der Waals surface area contributed by atoms with Crippen LogP contribution in [-0.4, -0.2) is 18.0 Å². The molecule has 3 rings (SSSR count). The van der Waals surface area contributed by atoms with Crippen molar-refractivity contribution in [2.75, 3.05) is 5.32 Å². The number of hydrogen-bond acceptors (Lipinski definition) is 3. The number of fused-ring (bicyclic) bond motifs is 1. The summed E-state index contributed by atoms with van der Waals surface area (Å²) in [6.45, 7) is 1.77. The minimum Gasteiger partial charge on any atom is -0.445 e. The van der Waals surface area contributed by atoms with Crippen molar-refractivity contribution in [3.63, 3.8) is 0 Å². The maximum absolute atomic E-state index is 12.3. The first-order valence-electron chi connectivity index (χ1n) is 8.39. The number of rotatable bonds is 5. The molecule has 2 N–H and O–H groups in total. The summed E-state index contributed by atoms with van der Waals surface area (Å²) in [5.41, 5.74) is 1.57. The van der Waals surface area contributed by atoms with Crippen LogP contribution in [0.3, 0.4) is 0 Å². The van der Waals surface area contributed by atoms with E-state index in [4.69, 9.17) is 4.74 Å². The molecule has 0 aliphatic rings. The second kappa shape index (κ2) is 8.16. The van der Waals surface area contributed by atoms with E-state index in [0.717, 1.165) is 16.3 Å². The highest BCUT2D eigenvalue weighted by molar-refractivity contribution is 5.98. The van der Waals surface area contributed by atoms with Crippen molar-refractivity contribution in [2.45, 2.75) is 19.6 Å². The first-order chi connectivity index (χ1) is 12.6. The van der Waals surface area contributed by atoms with E-state index in [-0.39, 0.29) is 12.5 Å². The van der Waals surface area contributed by atoms with Crippen LogP contribution in [0.5, 0.6) is 0 Å². The average molecular weight is 348 g/mol. The van der Waals surface area contributed by atoms with Gasteiger partial charge in [-0.05, 0) is 35.4 Å². The first kappa shape index (κ1) is 17.5. The Morgan fingerprint density at radius 2 is 1.62 bits per heavy atom. The van der Waals surface area contributed by atoms with Crippen LogP contribution in [0, 0.1) is 0 Å². The number of alkyl carbamates (subject to hydrolysis) is 1. The number of carbonyl (C=O) groups is 2. The summed E-state index contributed by atoms with van der Waals surface area (Å²) in [5, 5.41) is 7.47. The van der Waals surface area contributed by atoms with Gasteiger partial charge in [-0.1, -0.05) is 60.7 Å². The van der Waals surface area contributed by atoms with Crippen molar-refractivity contribution < 1.29 is 14.3 Å². The van der Waals surface area contributed by atoms with E-state index in [9.17, 15) is 9.59 Å². The second-order valence-electron chi connectivity index (χ2n) is 5.98. The third-order valence-corrected chi connectivity index (χ3v) is 3.96. The van der Waals surface area contributed by atoms with Crippen LogP contribution in [-0.2, 0) is 16.1 Å². The predicted octanol–water partition coefficient (Wildman–Crippen LogP) is 4.09. The highest BCUT2D eigenvalue weighted by atomic mass is 16.5. The Balaban J connectivity index is 1.52. The number of nitrogens with one attached hydrogen (secondary N) is 2. The molecule has 0 aliphatic heterocycles. The molecule has 0 saturated heterocycles. The second-order valence-corrected chi connectivity index (χ2v) is 5.98. The molecule has 26 heavy (non-hydrogen) atoms. The Kier molecular flexibility index (Phi) is 5.49. The summed E-state index contributed by atoms with van der Waals surface area (Å²) in [6, 6.07) is 22.2. The van der Waals surface area contributed by atoms with Gasteiger partial charge in [-0.15, -0.1) is 0 Å². The highest BCUT2D eigenvalue weighted by Crippen LogP contribution is 2.18. The zero-order valence-electron chi connectivity index (χ0n) is 14.4. The maximum atomic E-state index is 12.3. The molecule has 132 valence electrons. The van der Waals surface area contributed by atoms with Crippen LogP contribution in [0.15, 0.2) is 72.8 Å². The number of benzene rings is 3. The van der Waals surface area contributed by atoms with Gasteiger partial charge in [0.2, 0.25) is 5.91 Å². The molecular weight excluding hydrogens is 328 g/mol. The first-order valence-corrected chi connectivity index (χ1v) is 8.39. The summed E-state index contributed by atoms with van der Waals surface area (Å²) in [7, 11) is 0. The van der Waals surface area contributed by atoms with E-state index >= 15 is 0 Å². The Morgan fingerprint density at radius 1 is 0.923 bits per heavy atom. The summed E-state index contributed by atoms with van der Waals surface area (Å²) < 4.78 is 5.13. The number of amides is 2. The molecule has 0 spiro atoms. The molecule has 0 bridgehead atoms. The van der Waals surface area contributed by atoms with Gasteiger partial charge in [0.05, 0.1) is 0 Å². The SMILES string of the molecule is C[C@@H](NC(=O)OCc1ccccc1)C(=O)Nc1ccc2ccccc2c1. The summed E-state index contributed by atoms with van der Waals surface area (Å²) >= 11 is 0. The monoisotopic (exact) mass is 348 g/mol. The minimum absolute atomic E-state index is 0.158. The van der Waals surface area contributed by atoms with E-state index in [1.807, 2.05) is 72.8 Å². The Labute approximate surface area is 152 Å². The van der Waals surface area contributed by atoms with Gasteiger partial charge < -0.3 is 15.4 Å². The van der Waals surface area contributed by atoms with Gasteiger partial charge >= 0.3 is 6.09 Å². The summed E-state index contributed by atoms with van der Waals surface area (Å²) in [6.07, 6.45) is -0.630. The molecule has 0 heterocycles. The highest BCUT2D eigenvalue weighted by Gasteiger charge is 2.16. The topological polar surface area (TPSA) is 67.4 Å². The summed E-state index contributed by atoms with van der Waals surface area (Å²) in [5.74, 6) is -0.308. The molecule has 0 aromatic heterocycles. The van der Waals surface area contributed by atoms with Crippen LogP contribution >= 0.6 is 0 Å². The molecular formula is C21H20N2O3. The van der Waals surface area contributed by atoms with Crippen molar-refractivity contribution in [2.24, 2.45) is 0 Å². The van der Waals surface area contributed by atoms with Gasteiger partial charge in [-0.3, -0.25) is 4.79 Å². The normalized spacial score (nSPS) is 11.6. The number of ether oxygens (including phenoxy) is 1. The molecule has 0 aliphatic carbocycles. The number of hydrogen-bond donors (Lipinski definition) is 2. The molecule has 1 atom stereocenters. The molecule has 0 radical (unpaired) electrons. The van der Waals surface area contributed by atoms with Crippen LogP contribution in [0.2, 0.25) is 0 Å². The molecule has 5 heteroatoms. The van der Waals surface area contributed by atoms with Crippen molar-refractivity contribution in [1.82, 2.24) is 5.32 Å². The van der Waals surface area contributed by atoms with E-state index in [0.29, 0.717) is 5.69 Å². The number of anilines is 1. The van der Waals surface area contributed by atoms with Gasteiger partial charge in [-0.2, -0.15) is 0 Å². The molecule has 0 saturated carbocycles. The predicted molar refractivity (Wildman–Crippen MR) is 102 cm³/mol. The van der Waals surface area contributed by atoms with E-state index < -0.39 is 12.1 Å². The van der Waals surface area contributed by atoms with E-state index in [2.05, 4.69) is 10.6 Å². The lowest BCUT2D eigenvalue weighted by molar-refractivity contribution is -0.117. The number of carbonyl (C=O) groups excluding carboxylic acids is 2. The lowest BCUT2D eigenvalue weighted by Gasteiger charge is -2.14. The third-order valence-electron chi connectivity index (χ3n) is 3.96. The minimum atomic E-state index is -0.718. The van der Waals surface area contributed by atoms with Crippen molar-refractivity contribution in [1.29, 1.82) is 0 Å². The van der Waals surface area contributed by atoms with Gasteiger partial charge in [0, 0.05) is 5.69 Å². The maximum Gasteiger partial charge on any atom is 0.408 e. The van der Waals surface area contributed by atoms with Crippen LogP contribution < -0.4 is 10.6 Å². The fraction of sp³-hybridized carbons (Fsp3) is 0.143. The molecule has 5 nitrogen and oxygen atoms in total. The van der Waals surface area contributed by atoms with Gasteiger partial charge in [0.1, 0.15) is 12.6 Å². The van der Waals surface area contributed by atoms with Crippen molar-refractivity contribution in [3.8, 4) is 0 Å². The zero-order valence-corrected chi connectivity index (χ0v) is 14.4. The average Bonchev–Trinajstić information content (AvgIpc) is 2.67. The van der Waals surface area contributed by atoms with Crippen LogP contribution in [0.4, 0.5) is 10.5 Å². The Hall–Kier alpha value is -3.34. The van der Waals surface area contributed by atoms with E-state index in [1.165, 1.54) is 0 Å². The molecule has 3 aromatic rings.